The summed E-state index contributed by atoms with van der Waals surface area (Å²) in [5.41, 5.74) is 2.59. The van der Waals surface area contributed by atoms with Crippen LogP contribution in [0.15, 0.2) is 22.7 Å². The summed E-state index contributed by atoms with van der Waals surface area (Å²) in [5.74, 6) is 1.83. The van der Waals surface area contributed by atoms with E-state index < -0.39 is 0 Å². The first-order chi connectivity index (χ1) is 9.45. The summed E-state index contributed by atoms with van der Waals surface area (Å²) in [5, 5.41) is 3.48. The Morgan fingerprint density at radius 2 is 2.00 bits per heavy atom. The first-order valence-corrected chi connectivity index (χ1v) is 9.35. The summed E-state index contributed by atoms with van der Waals surface area (Å²) in [7, 11) is 2.16. The number of halogens is 1. The molecule has 0 aliphatic rings. The van der Waals surface area contributed by atoms with E-state index in [1.807, 2.05) is 11.8 Å². The topological polar surface area (TPSA) is 15.3 Å². The van der Waals surface area contributed by atoms with E-state index in [2.05, 4.69) is 78.4 Å². The van der Waals surface area contributed by atoms with Gasteiger partial charge in [0.25, 0.3) is 0 Å². The normalized spacial score (nSPS) is 12.8. The van der Waals surface area contributed by atoms with Crippen LogP contribution >= 0.6 is 27.7 Å². The first kappa shape index (κ1) is 17.9. The van der Waals surface area contributed by atoms with Gasteiger partial charge >= 0.3 is 0 Å². The van der Waals surface area contributed by atoms with Crippen LogP contribution in [-0.4, -0.2) is 31.6 Å². The van der Waals surface area contributed by atoms with Gasteiger partial charge in [-0.1, -0.05) is 19.9 Å². The molecule has 1 aromatic rings. The Bertz CT molecular complexity index is 409. The lowest BCUT2D eigenvalue weighted by Crippen LogP contribution is -2.31. The third kappa shape index (κ3) is 5.66. The average molecular weight is 359 g/mol. The number of nitrogens with one attached hydrogen (secondary N) is 1. The number of nitrogens with zero attached hydrogens (tertiary/aromatic N) is 1. The van der Waals surface area contributed by atoms with Gasteiger partial charge in [-0.15, -0.1) is 0 Å². The van der Waals surface area contributed by atoms with Crippen molar-refractivity contribution >= 4 is 33.4 Å². The number of hydrogen-bond acceptors (Lipinski definition) is 3. The fourth-order valence-corrected chi connectivity index (χ4v) is 3.45. The van der Waals surface area contributed by atoms with Crippen molar-refractivity contribution in [2.75, 3.05) is 30.5 Å². The van der Waals surface area contributed by atoms with Crippen molar-refractivity contribution in [3.63, 3.8) is 0 Å². The lowest BCUT2D eigenvalue weighted by atomic mass is 10.1. The largest absolute Gasteiger partial charge is 0.370 e. The van der Waals surface area contributed by atoms with Gasteiger partial charge in [-0.2, -0.15) is 11.8 Å². The molecule has 114 valence electrons. The molecule has 0 saturated heterocycles. The van der Waals surface area contributed by atoms with Crippen molar-refractivity contribution in [1.29, 1.82) is 0 Å². The summed E-state index contributed by atoms with van der Waals surface area (Å²) in [4.78, 5) is 2.34. The first-order valence-electron chi connectivity index (χ1n) is 7.16. The molecule has 0 aromatic heterocycles. The molecule has 1 aromatic carbocycles. The maximum absolute atomic E-state index is 3.71. The van der Waals surface area contributed by atoms with Crippen molar-refractivity contribution in [2.24, 2.45) is 5.92 Å². The van der Waals surface area contributed by atoms with E-state index in [4.69, 9.17) is 0 Å². The molecule has 0 saturated carbocycles. The van der Waals surface area contributed by atoms with Crippen LogP contribution in [0, 0.1) is 5.92 Å². The molecule has 4 heteroatoms. The van der Waals surface area contributed by atoms with Crippen molar-refractivity contribution in [3.05, 3.63) is 28.2 Å². The molecule has 0 bridgehead atoms. The molecule has 0 radical (unpaired) electrons. The number of anilines is 1. The maximum atomic E-state index is 3.71. The molecule has 1 atom stereocenters. The molecule has 1 rings (SSSR count). The minimum atomic E-state index is 0.534. The molecule has 0 fully saturated rings. The maximum Gasteiger partial charge on any atom is 0.0510 e. The molecule has 20 heavy (non-hydrogen) atoms. The Balaban J connectivity index is 2.67. The summed E-state index contributed by atoms with van der Waals surface area (Å²) in [6.07, 6.45) is 2.16. The Hall–Kier alpha value is -0.190. The average Bonchev–Trinajstić information content (AvgIpc) is 2.38. The fraction of sp³-hybridized carbons (Fsp3) is 0.625. The second kappa shape index (κ2) is 8.96. The third-order valence-electron chi connectivity index (χ3n) is 3.34. The Morgan fingerprint density at radius 3 is 2.55 bits per heavy atom. The molecule has 0 spiro atoms. The van der Waals surface area contributed by atoms with Gasteiger partial charge in [-0.3, -0.25) is 0 Å². The highest BCUT2D eigenvalue weighted by Crippen LogP contribution is 2.28. The summed E-state index contributed by atoms with van der Waals surface area (Å²) >= 11 is 5.60. The minimum Gasteiger partial charge on any atom is -0.370 e. The van der Waals surface area contributed by atoms with Crippen molar-refractivity contribution in [2.45, 2.75) is 33.4 Å². The van der Waals surface area contributed by atoms with Gasteiger partial charge in [0.1, 0.15) is 0 Å². The predicted molar refractivity (Wildman–Crippen MR) is 96.9 cm³/mol. The smallest absolute Gasteiger partial charge is 0.0510 e. The standard InChI is InChI=1S/C16H27BrN2S/c1-12(2)9-18-10-14-6-7-16(15(17)8-14)19(4)13(3)11-20-5/h6-8,12-13,18H,9-11H2,1-5H3. The molecular formula is C16H27BrN2S. The SMILES string of the molecule is CSCC(C)N(C)c1ccc(CNCC(C)C)cc1Br. The van der Waals surface area contributed by atoms with Gasteiger partial charge in [0.2, 0.25) is 0 Å². The zero-order valence-corrected chi connectivity index (χ0v) is 15.6. The molecule has 0 aliphatic carbocycles. The van der Waals surface area contributed by atoms with E-state index in [0.29, 0.717) is 12.0 Å². The van der Waals surface area contributed by atoms with Gasteiger partial charge in [0, 0.05) is 29.9 Å². The highest BCUT2D eigenvalue weighted by molar-refractivity contribution is 9.10. The van der Waals surface area contributed by atoms with E-state index in [0.717, 1.165) is 18.8 Å². The Morgan fingerprint density at radius 1 is 1.30 bits per heavy atom. The summed E-state index contributed by atoms with van der Waals surface area (Å²) in [6, 6.07) is 7.19. The van der Waals surface area contributed by atoms with Gasteiger partial charge in [-0.05, 0) is 59.3 Å². The minimum absolute atomic E-state index is 0.534. The van der Waals surface area contributed by atoms with Crippen LogP contribution in [0.5, 0.6) is 0 Å². The van der Waals surface area contributed by atoms with Gasteiger partial charge in [0.15, 0.2) is 0 Å². The molecule has 1 unspecified atom stereocenters. The van der Waals surface area contributed by atoms with Crippen LogP contribution in [0.1, 0.15) is 26.3 Å². The zero-order valence-electron chi connectivity index (χ0n) is 13.2. The van der Waals surface area contributed by atoms with Crippen LogP contribution in [0.2, 0.25) is 0 Å². The van der Waals surface area contributed by atoms with Gasteiger partial charge < -0.3 is 10.2 Å². The van der Waals surface area contributed by atoms with Crippen LogP contribution in [0.25, 0.3) is 0 Å². The molecule has 0 heterocycles. The van der Waals surface area contributed by atoms with Gasteiger partial charge in [0.05, 0.1) is 5.69 Å². The van der Waals surface area contributed by atoms with E-state index in [1.165, 1.54) is 15.7 Å². The fourth-order valence-electron chi connectivity index (χ4n) is 2.04. The highest BCUT2D eigenvalue weighted by Gasteiger charge is 2.12. The number of rotatable bonds is 8. The molecule has 1 N–H and O–H groups in total. The monoisotopic (exact) mass is 358 g/mol. The van der Waals surface area contributed by atoms with Crippen LogP contribution in [0.4, 0.5) is 5.69 Å². The number of hydrogen-bond donors (Lipinski definition) is 1. The van der Waals surface area contributed by atoms with Gasteiger partial charge in [-0.25, -0.2) is 0 Å². The highest BCUT2D eigenvalue weighted by atomic mass is 79.9. The van der Waals surface area contributed by atoms with E-state index in [1.54, 1.807) is 0 Å². The molecular weight excluding hydrogens is 332 g/mol. The zero-order chi connectivity index (χ0) is 15.1. The van der Waals surface area contributed by atoms with Crippen LogP contribution < -0.4 is 10.2 Å². The molecule has 0 aliphatic heterocycles. The number of benzene rings is 1. The lowest BCUT2D eigenvalue weighted by molar-refractivity contribution is 0.552. The Kier molecular flexibility index (Phi) is 8.00. The number of thioether (sulfide) groups is 1. The summed E-state index contributed by atoms with van der Waals surface area (Å²) < 4.78 is 1.18. The van der Waals surface area contributed by atoms with Crippen LogP contribution in [-0.2, 0) is 6.54 Å². The quantitative estimate of drug-likeness (QED) is 0.741. The molecule has 0 amide bonds. The summed E-state index contributed by atoms with van der Waals surface area (Å²) in [6.45, 7) is 8.72. The van der Waals surface area contributed by atoms with E-state index in [9.17, 15) is 0 Å². The predicted octanol–water partition coefficient (Wildman–Crippen LogP) is 4.38. The lowest BCUT2D eigenvalue weighted by Gasteiger charge is -2.27. The van der Waals surface area contributed by atoms with E-state index >= 15 is 0 Å². The van der Waals surface area contributed by atoms with Crippen LogP contribution in [0.3, 0.4) is 0 Å². The molecule has 2 nitrogen and oxygen atoms in total. The Labute approximate surface area is 136 Å². The second-order valence-electron chi connectivity index (χ2n) is 5.73. The van der Waals surface area contributed by atoms with Crippen molar-refractivity contribution in [1.82, 2.24) is 5.32 Å². The van der Waals surface area contributed by atoms with E-state index in [-0.39, 0.29) is 0 Å². The second-order valence-corrected chi connectivity index (χ2v) is 7.49. The third-order valence-corrected chi connectivity index (χ3v) is 4.79. The van der Waals surface area contributed by atoms with Crippen molar-refractivity contribution in [3.8, 4) is 0 Å². The van der Waals surface area contributed by atoms with Crippen molar-refractivity contribution < 1.29 is 0 Å².